The van der Waals surface area contributed by atoms with Crippen LogP contribution in [-0.4, -0.2) is 18.9 Å². The van der Waals surface area contributed by atoms with Gasteiger partial charge in [0, 0.05) is 40.1 Å². The topological polar surface area (TPSA) is 55.4 Å². The van der Waals surface area contributed by atoms with Gasteiger partial charge in [-0.15, -0.1) is 11.3 Å². The molecule has 2 aliphatic rings. The van der Waals surface area contributed by atoms with E-state index in [1.54, 1.807) is 11.3 Å². The molecular weight excluding hydrogens is 430 g/mol. The van der Waals surface area contributed by atoms with Crippen LogP contribution in [0.15, 0.2) is 94.7 Å². The Morgan fingerprint density at radius 3 is 2.36 bits per heavy atom. The number of thiophene rings is 1. The van der Waals surface area contributed by atoms with E-state index in [0.29, 0.717) is 17.6 Å². The molecule has 0 unspecified atom stereocenters. The van der Waals surface area contributed by atoms with Crippen molar-refractivity contribution in [1.29, 1.82) is 0 Å². The molecule has 0 radical (unpaired) electrons. The van der Waals surface area contributed by atoms with Gasteiger partial charge in [0.15, 0.2) is 5.78 Å². The summed E-state index contributed by atoms with van der Waals surface area (Å²) in [5.74, 6) is -0.585. The van der Waals surface area contributed by atoms with Gasteiger partial charge in [-0.3, -0.25) is 4.79 Å². The highest BCUT2D eigenvalue weighted by Crippen LogP contribution is 2.46. The smallest absolute Gasteiger partial charge is 0.336 e. The molecule has 5 rings (SSSR count). The highest BCUT2D eigenvalue weighted by atomic mass is 32.1. The molecule has 3 aromatic rings. The third-order valence-corrected chi connectivity index (χ3v) is 7.56. The second-order valence-electron chi connectivity index (χ2n) is 8.51. The minimum absolute atomic E-state index is 0.0909. The van der Waals surface area contributed by atoms with Crippen molar-refractivity contribution in [2.75, 3.05) is 7.11 Å². The van der Waals surface area contributed by atoms with E-state index in [2.05, 4.69) is 41.0 Å². The summed E-state index contributed by atoms with van der Waals surface area (Å²) in [5.41, 5.74) is 6.01. The number of benzene rings is 2. The lowest BCUT2D eigenvalue weighted by atomic mass is 9.72. The van der Waals surface area contributed by atoms with Crippen LogP contribution in [0.4, 0.5) is 0 Å². The number of esters is 1. The van der Waals surface area contributed by atoms with Crippen LogP contribution >= 0.6 is 11.3 Å². The van der Waals surface area contributed by atoms with Crippen molar-refractivity contribution >= 4 is 23.1 Å². The fourth-order valence-electron chi connectivity index (χ4n) is 4.98. The van der Waals surface area contributed by atoms with Crippen LogP contribution in [0.1, 0.15) is 42.0 Å². The first-order valence-corrected chi connectivity index (χ1v) is 12.0. The molecule has 1 aromatic heterocycles. The van der Waals surface area contributed by atoms with Crippen molar-refractivity contribution in [3.8, 4) is 11.1 Å². The zero-order valence-corrected chi connectivity index (χ0v) is 19.4. The molecule has 5 heteroatoms. The van der Waals surface area contributed by atoms with Crippen molar-refractivity contribution in [3.05, 3.63) is 105 Å². The van der Waals surface area contributed by atoms with Crippen LogP contribution in [0, 0.1) is 0 Å². The Kier molecular flexibility index (Phi) is 5.73. The molecule has 0 spiro atoms. The predicted molar refractivity (Wildman–Crippen MR) is 131 cm³/mol. The highest BCUT2D eigenvalue weighted by Gasteiger charge is 2.41. The normalized spacial score (nSPS) is 20.4. The molecule has 2 heterocycles. The first kappa shape index (κ1) is 21.4. The Morgan fingerprint density at radius 2 is 1.70 bits per heavy atom. The number of allylic oxidation sites excluding steroid dienone is 3. The van der Waals surface area contributed by atoms with Gasteiger partial charge >= 0.3 is 5.97 Å². The monoisotopic (exact) mass is 455 g/mol. The maximum absolute atomic E-state index is 13.5. The Morgan fingerprint density at radius 1 is 0.970 bits per heavy atom. The Balaban J connectivity index is 1.58. The van der Waals surface area contributed by atoms with E-state index in [4.69, 9.17) is 4.74 Å². The number of nitrogens with one attached hydrogen (secondary N) is 1. The molecule has 0 fully saturated rings. The van der Waals surface area contributed by atoms with E-state index in [9.17, 15) is 9.59 Å². The second-order valence-corrected chi connectivity index (χ2v) is 9.49. The quantitative estimate of drug-likeness (QED) is 0.494. The van der Waals surface area contributed by atoms with Gasteiger partial charge in [-0.1, -0.05) is 60.7 Å². The van der Waals surface area contributed by atoms with Crippen molar-refractivity contribution in [2.45, 2.75) is 31.6 Å². The van der Waals surface area contributed by atoms with Crippen molar-refractivity contribution < 1.29 is 14.3 Å². The maximum atomic E-state index is 13.5. The van der Waals surface area contributed by atoms with E-state index in [-0.39, 0.29) is 11.7 Å². The zero-order chi connectivity index (χ0) is 22.9. The van der Waals surface area contributed by atoms with Gasteiger partial charge in [-0.05, 0) is 41.5 Å². The van der Waals surface area contributed by atoms with Crippen LogP contribution in [0.25, 0.3) is 11.1 Å². The maximum Gasteiger partial charge on any atom is 0.336 e. The molecule has 1 aliphatic heterocycles. The number of methoxy groups -OCH3 is 1. The number of rotatable bonds is 4. The molecule has 1 N–H and O–H groups in total. The van der Waals surface area contributed by atoms with Crippen LogP contribution in [0.2, 0.25) is 0 Å². The molecule has 0 saturated carbocycles. The summed E-state index contributed by atoms with van der Waals surface area (Å²) in [7, 11) is 1.39. The molecular formula is C28H25NO3S. The summed E-state index contributed by atoms with van der Waals surface area (Å²) in [5, 5.41) is 5.44. The van der Waals surface area contributed by atoms with E-state index in [1.165, 1.54) is 12.0 Å². The number of ether oxygens (including phenoxy) is 1. The predicted octanol–water partition coefficient (Wildman–Crippen LogP) is 5.95. The van der Waals surface area contributed by atoms with Crippen molar-refractivity contribution in [1.82, 2.24) is 5.32 Å². The third kappa shape index (κ3) is 3.93. The minimum atomic E-state index is -0.435. The Bertz CT molecular complexity index is 1250. The van der Waals surface area contributed by atoms with E-state index in [0.717, 1.165) is 34.5 Å². The van der Waals surface area contributed by atoms with Gasteiger partial charge in [0.05, 0.1) is 12.7 Å². The summed E-state index contributed by atoms with van der Waals surface area (Å²) in [6, 6.07) is 22.4. The Hall–Kier alpha value is -3.44. The fourth-order valence-corrected chi connectivity index (χ4v) is 5.81. The van der Waals surface area contributed by atoms with Crippen LogP contribution in [0.5, 0.6) is 0 Å². The van der Waals surface area contributed by atoms with Gasteiger partial charge in [-0.25, -0.2) is 4.79 Å². The Labute approximate surface area is 197 Å². The molecule has 4 nitrogen and oxygen atoms in total. The lowest BCUT2D eigenvalue weighted by Gasteiger charge is -2.36. The fraction of sp³-hybridized carbons (Fsp3) is 0.214. The largest absolute Gasteiger partial charge is 0.466 e. The third-order valence-electron chi connectivity index (χ3n) is 6.53. The molecule has 1 aliphatic carbocycles. The van der Waals surface area contributed by atoms with Gasteiger partial charge in [0.2, 0.25) is 0 Å². The average Bonchev–Trinajstić information content (AvgIpc) is 3.38. The van der Waals surface area contributed by atoms with Crippen LogP contribution in [-0.2, 0) is 14.3 Å². The summed E-state index contributed by atoms with van der Waals surface area (Å²) in [6.45, 7) is 1.89. The molecule has 0 amide bonds. The van der Waals surface area contributed by atoms with Gasteiger partial charge in [0.1, 0.15) is 0 Å². The van der Waals surface area contributed by atoms with E-state index >= 15 is 0 Å². The number of hydrogen-bond donors (Lipinski definition) is 1. The SMILES string of the molecule is COC(=O)C1=C(C)NC2=C(C(=O)C[C@H](c3cccs3)C2)[C@@H]1c1ccc(-c2ccccc2)cc1. The number of carbonyl (C=O) groups excluding carboxylic acids is 2. The lowest BCUT2D eigenvalue weighted by Crippen LogP contribution is -2.35. The summed E-state index contributed by atoms with van der Waals surface area (Å²) in [4.78, 5) is 27.6. The molecule has 0 bridgehead atoms. The zero-order valence-electron chi connectivity index (χ0n) is 18.6. The average molecular weight is 456 g/mol. The molecule has 33 heavy (non-hydrogen) atoms. The number of ketones is 1. The number of Topliss-reactive ketones (excluding diaryl/α,β-unsaturated/α-hetero) is 1. The van der Waals surface area contributed by atoms with Gasteiger partial charge in [-0.2, -0.15) is 0 Å². The molecule has 2 aromatic carbocycles. The number of hydrogen-bond acceptors (Lipinski definition) is 5. The van der Waals surface area contributed by atoms with Crippen LogP contribution < -0.4 is 5.32 Å². The summed E-state index contributed by atoms with van der Waals surface area (Å²) >= 11 is 1.69. The van der Waals surface area contributed by atoms with E-state index in [1.807, 2.05) is 43.3 Å². The van der Waals surface area contributed by atoms with Gasteiger partial charge in [0.25, 0.3) is 0 Å². The second kappa shape index (κ2) is 8.83. The van der Waals surface area contributed by atoms with Crippen molar-refractivity contribution in [2.24, 2.45) is 0 Å². The van der Waals surface area contributed by atoms with Crippen molar-refractivity contribution in [3.63, 3.8) is 0 Å². The van der Waals surface area contributed by atoms with Gasteiger partial charge < -0.3 is 10.1 Å². The number of carbonyl (C=O) groups is 2. The first-order chi connectivity index (χ1) is 16.1. The standard InChI is InChI=1S/C28H25NO3S/c1-17-25(28(31)32-2)26(20-12-10-19(11-13-20)18-7-4-3-5-8-18)27-22(29-17)15-21(16-23(27)30)24-9-6-14-33-24/h3-14,21,26,29H,15-16H2,1-2H3/t21-,26-/m1/s1. The van der Waals surface area contributed by atoms with E-state index < -0.39 is 11.9 Å². The lowest BCUT2D eigenvalue weighted by molar-refractivity contribution is -0.136. The molecule has 2 atom stereocenters. The summed E-state index contributed by atoms with van der Waals surface area (Å²) in [6.07, 6.45) is 1.21. The first-order valence-electron chi connectivity index (χ1n) is 11.1. The number of dihydropyridines is 1. The van der Waals surface area contributed by atoms with Crippen LogP contribution in [0.3, 0.4) is 0 Å². The minimum Gasteiger partial charge on any atom is -0.466 e. The molecule has 166 valence electrons. The summed E-state index contributed by atoms with van der Waals surface area (Å²) < 4.78 is 5.13. The highest BCUT2D eigenvalue weighted by molar-refractivity contribution is 7.10. The molecule has 0 saturated heterocycles.